The zero-order chi connectivity index (χ0) is 16.8. The van der Waals surface area contributed by atoms with Gasteiger partial charge >= 0.3 is 7.82 Å². The summed E-state index contributed by atoms with van der Waals surface area (Å²) in [5.74, 6) is 0. The minimum absolute atomic E-state index is 0.114. The number of imidazole rings is 1. The summed E-state index contributed by atoms with van der Waals surface area (Å²) in [6, 6.07) is 0. The third kappa shape index (κ3) is 3.23. The highest BCUT2D eigenvalue weighted by Crippen LogP contribution is 2.38. The number of hydrogen-bond acceptors (Lipinski definition) is 8. The number of halogens is 1. The number of aromatic nitrogens is 4. The van der Waals surface area contributed by atoms with Gasteiger partial charge in [0.2, 0.25) is 0 Å². The van der Waals surface area contributed by atoms with Crippen LogP contribution in [0.3, 0.4) is 0 Å². The van der Waals surface area contributed by atoms with Gasteiger partial charge in [0, 0.05) is 0 Å². The van der Waals surface area contributed by atoms with Gasteiger partial charge in [0.05, 0.1) is 12.9 Å². The standard InChI is InChI=1S/C10H12ClN4O7P/c11-8-5-9(13-2-12-8)15(3-14-5)10-7(17)6(16)4(22-10)1-21-23(18,19)20/h2-4,6-7,10,16-17H,1H2,(H2,18,19,20)/t4-,6-,7+,10+/m0/s1. The maximum atomic E-state index is 10.7. The Morgan fingerprint density at radius 3 is 2.74 bits per heavy atom. The predicted molar refractivity (Wildman–Crippen MR) is 74.3 cm³/mol. The van der Waals surface area contributed by atoms with Crippen molar-refractivity contribution in [3.63, 3.8) is 0 Å². The maximum absolute atomic E-state index is 10.7. The summed E-state index contributed by atoms with van der Waals surface area (Å²) in [6.45, 7) is -0.596. The molecule has 1 aliphatic heterocycles. The summed E-state index contributed by atoms with van der Waals surface area (Å²) in [6.07, 6.45) is -2.51. The molecule has 0 amide bonds. The highest BCUT2D eigenvalue weighted by molar-refractivity contribution is 7.46. The van der Waals surface area contributed by atoms with Gasteiger partial charge in [0.1, 0.15) is 30.2 Å². The maximum Gasteiger partial charge on any atom is 0.469 e. The van der Waals surface area contributed by atoms with Crippen LogP contribution in [0.15, 0.2) is 12.7 Å². The molecule has 3 rings (SSSR count). The normalized spacial score (nSPS) is 28.6. The highest BCUT2D eigenvalue weighted by atomic mass is 35.5. The van der Waals surface area contributed by atoms with E-state index in [1.54, 1.807) is 0 Å². The number of phosphoric acid groups is 1. The zero-order valence-corrected chi connectivity index (χ0v) is 12.9. The number of rotatable bonds is 4. The molecule has 2 aromatic rings. The van der Waals surface area contributed by atoms with E-state index in [1.165, 1.54) is 17.2 Å². The van der Waals surface area contributed by atoms with Crippen molar-refractivity contribution in [2.45, 2.75) is 24.5 Å². The Morgan fingerprint density at radius 2 is 2.04 bits per heavy atom. The second-order valence-corrected chi connectivity index (χ2v) is 6.42. The van der Waals surface area contributed by atoms with E-state index >= 15 is 0 Å². The molecular formula is C10H12ClN4O7P. The predicted octanol–water partition coefficient (Wildman–Crippen LogP) is -0.792. The van der Waals surface area contributed by atoms with Gasteiger partial charge in [-0.1, -0.05) is 11.6 Å². The molecule has 0 aliphatic carbocycles. The van der Waals surface area contributed by atoms with Crippen LogP contribution in [0, 0.1) is 0 Å². The van der Waals surface area contributed by atoms with E-state index in [1.807, 2.05) is 0 Å². The van der Waals surface area contributed by atoms with Crippen molar-refractivity contribution in [2.75, 3.05) is 6.61 Å². The molecule has 0 radical (unpaired) electrons. The minimum atomic E-state index is -4.72. The monoisotopic (exact) mass is 366 g/mol. The summed E-state index contributed by atoms with van der Waals surface area (Å²) in [5, 5.41) is 20.2. The molecule has 4 atom stereocenters. The molecule has 4 N–H and O–H groups in total. The fourth-order valence-electron chi connectivity index (χ4n) is 2.28. The van der Waals surface area contributed by atoms with E-state index in [-0.39, 0.29) is 16.3 Å². The number of fused-ring (bicyclic) bond motifs is 1. The highest BCUT2D eigenvalue weighted by Gasteiger charge is 2.45. The zero-order valence-electron chi connectivity index (χ0n) is 11.3. The Kier molecular flexibility index (Phi) is 4.38. The van der Waals surface area contributed by atoms with Crippen molar-refractivity contribution in [3.05, 3.63) is 17.8 Å². The first kappa shape index (κ1) is 16.7. The minimum Gasteiger partial charge on any atom is -0.387 e. The van der Waals surface area contributed by atoms with E-state index < -0.39 is 39.0 Å². The summed E-state index contributed by atoms with van der Waals surface area (Å²) >= 11 is 5.88. The largest absolute Gasteiger partial charge is 0.469 e. The lowest BCUT2D eigenvalue weighted by Crippen LogP contribution is -2.33. The van der Waals surface area contributed by atoms with Crippen molar-refractivity contribution < 1.29 is 33.8 Å². The van der Waals surface area contributed by atoms with E-state index in [9.17, 15) is 14.8 Å². The van der Waals surface area contributed by atoms with Gasteiger partial charge in [-0.05, 0) is 0 Å². The second kappa shape index (κ2) is 6.04. The molecule has 0 spiro atoms. The molecular weight excluding hydrogens is 355 g/mol. The quantitative estimate of drug-likeness (QED) is 0.398. The van der Waals surface area contributed by atoms with Crippen LogP contribution < -0.4 is 0 Å². The summed E-state index contributed by atoms with van der Waals surface area (Å²) in [7, 11) is -4.72. The van der Waals surface area contributed by atoms with E-state index in [2.05, 4.69) is 19.5 Å². The van der Waals surface area contributed by atoms with Gasteiger partial charge in [0.25, 0.3) is 0 Å². The molecule has 126 valence electrons. The average Bonchev–Trinajstić information content (AvgIpc) is 3.01. The molecule has 11 nitrogen and oxygen atoms in total. The number of aliphatic hydroxyl groups is 2. The second-order valence-electron chi connectivity index (χ2n) is 4.82. The fourth-order valence-corrected chi connectivity index (χ4v) is 2.79. The summed E-state index contributed by atoms with van der Waals surface area (Å²) in [5.41, 5.74) is 0.562. The van der Waals surface area contributed by atoms with Crippen LogP contribution in [0.5, 0.6) is 0 Å². The molecule has 0 saturated carbocycles. The fraction of sp³-hybridized carbons (Fsp3) is 0.500. The van der Waals surface area contributed by atoms with Crippen molar-refractivity contribution in [1.29, 1.82) is 0 Å². The Balaban J connectivity index is 1.85. The van der Waals surface area contributed by atoms with Crippen LogP contribution >= 0.6 is 19.4 Å². The first-order valence-electron chi connectivity index (χ1n) is 6.32. The first-order valence-corrected chi connectivity index (χ1v) is 8.23. The van der Waals surface area contributed by atoms with Gasteiger partial charge in [0.15, 0.2) is 17.0 Å². The third-order valence-electron chi connectivity index (χ3n) is 3.33. The Hall–Kier alpha value is -1.17. The molecule has 0 bridgehead atoms. The van der Waals surface area contributed by atoms with Crippen molar-refractivity contribution in [3.8, 4) is 0 Å². The molecule has 1 aliphatic rings. The van der Waals surface area contributed by atoms with Gasteiger partial charge < -0.3 is 24.7 Å². The number of phosphoric ester groups is 1. The summed E-state index contributed by atoms with van der Waals surface area (Å²) in [4.78, 5) is 29.2. The van der Waals surface area contributed by atoms with Crippen LogP contribution in [0.4, 0.5) is 0 Å². The molecule has 0 aromatic carbocycles. The molecule has 23 heavy (non-hydrogen) atoms. The SMILES string of the molecule is O=P(O)(O)OC[C@@H]1O[C@@H](n2cnc3c(Cl)ncnc32)[C@H](O)[C@H]1O. The molecule has 1 saturated heterocycles. The molecule has 2 aromatic heterocycles. The van der Waals surface area contributed by atoms with Crippen LogP contribution in [-0.2, 0) is 13.8 Å². The molecule has 13 heteroatoms. The average molecular weight is 367 g/mol. The number of ether oxygens (including phenoxy) is 1. The van der Waals surface area contributed by atoms with Gasteiger partial charge in [-0.15, -0.1) is 0 Å². The number of hydrogen-bond donors (Lipinski definition) is 4. The molecule has 0 unspecified atom stereocenters. The number of nitrogens with zero attached hydrogens (tertiary/aromatic N) is 4. The third-order valence-corrected chi connectivity index (χ3v) is 4.09. The molecule has 3 heterocycles. The van der Waals surface area contributed by atoms with Crippen LogP contribution in [0.2, 0.25) is 5.15 Å². The van der Waals surface area contributed by atoms with Crippen molar-refractivity contribution >= 4 is 30.6 Å². The summed E-state index contributed by atoms with van der Waals surface area (Å²) < 4.78 is 21.8. The Bertz CT molecular complexity index is 767. The van der Waals surface area contributed by atoms with E-state index in [0.717, 1.165) is 0 Å². The van der Waals surface area contributed by atoms with E-state index in [4.69, 9.17) is 26.1 Å². The topological polar surface area (TPSA) is 160 Å². The Morgan fingerprint density at radius 1 is 1.30 bits per heavy atom. The smallest absolute Gasteiger partial charge is 0.387 e. The van der Waals surface area contributed by atoms with Crippen molar-refractivity contribution in [2.24, 2.45) is 0 Å². The Labute approximate surface area is 133 Å². The van der Waals surface area contributed by atoms with Crippen molar-refractivity contribution in [1.82, 2.24) is 19.5 Å². The first-order chi connectivity index (χ1) is 10.8. The van der Waals surface area contributed by atoms with Gasteiger partial charge in [-0.25, -0.2) is 19.5 Å². The molecule has 1 fully saturated rings. The van der Waals surface area contributed by atoms with Gasteiger partial charge in [-0.3, -0.25) is 9.09 Å². The van der Waals surface area contributed by atoms with Crippen LogP contribution in [0.1, 0.15) is 6.23 Å². The van der Waals surface area contributed by atoms with Crippen LogP contribution in [-0.4, -0.2) is 64.4 Å². The lowest BCUT2D eigenvalue weighted by atomic mass is 10.1. The lowest BCUT2D eigenvalue weighted by Gasteiger charge is -2.16. The lowest BCUT2D eigenvalue weighted by molar-refractivity contribution is -0.0504. The number of aliphatic hydroxyl groups excluding tert-OH is 2. The van der Waals surface area contributed by atoms with Crippen LogP contribution in [0.25, 0.3) is 11.2 Å². The van der Waals surface area contributed by atoms with E-state index in [0.29, 0.717) is 0 Å². The van der Waals surface area contributed by atoms with Gasteiger partial charge in [-0.2, -0.15) is 0 Å².